The summed E-state index contributed by atoms with van der Waals surface area (Å²) in [5.41, 5.74) is 2.91. The second kappa shape index (κ2) is 15.8. The Kier molecular flexibility index (Phi) is 12.8. The zero-order chi connectivity index (χ0) is 25.8. The summed E-state index contributed by atoms with van der Waals surface area (Å²) in [6.45, 7) is 10.5. The van der Waals surface area contributed by atoms with Crippen LogP contribution in [0.4, 0.5) is 0 Å². The Balaban J connectivity index is 1.59. The average molecular weight is 497 g/mol. The molecule has 3 atom stereocenters. The van der Waals surface area contributed by atoms with Gasteiger partial charge in [0.15, 0.2) is 0 Å². The molecule has 4 heteroatoms. The highest BCUT2D eigenvalue weighted by atomic mass is 15.2. The lowest BCUT2D eigenvalue weighted by Gasteiger charge is -2.36. The van der Waals surface area contributed by atoms with Crippen LogP contribution in [0.5, 0.6) is 0 Å². The predicted molar refractivity (Wildman–Crippen MR) is 158 cm³/mol. The zero-order valence-corrected chi connectivity index (χ0v) is 24.3. The number of hydrogen-bond acceptors (Lipinski definition) is 4. The molecule has 3 rings (SSSR count). The van der Waals surface area contributed by atoms with E-state index in [0.29, 0.717) is 18.0 Å². The third kappa shape index (κ3) is 9.49. The number of allylic oxidation sites excluding steroid dienone is 3. The summed E-state index contributed by atoms with van der Waals surface area (Å²) in [6, 6.07) is 0.904. The van der Waals surface area contributed by atoms with Gasteiger partial charge in [0.1, 0.15) is 5.84 Å². The van der Waals surface area contributed by atoms with Crippen molar-refractivity contribution >= 4 is 5.84 Å². The largest absolute Gasteiger partial charge is 0.357 e. The van der Waals surface area contributed by atoms with E-state index in [9.17, 15) is 0 Å². The van der Waals surface area contributed by atoms with Crippen molar-refractivity contribution in [3.8, 4) is 0 Å². The normalized spacial score (nSPS) is 24.6. The summed E-state index contributed by atoms with van der Waals surface area (Å²) in [4.78, 5) is 10.2. The number of rotatable bonds is 12. The van der Waals surface area contributed by atoms with Crippen LogP contribution < -0.4 is 5.32 Å². The minimum Gasteiger partial charge on any atom is -0.357 e. The zero-order valence-electron chi connectivity index (χ0n) is 24.3. The number of piperidine rings is 1. The van der Waals surface area contributed by atoms with E-state index in [1.807, 2.05) is 0 Å². The number of hydrogen-bond donors (Lipinski definition) is 1. The number of nitrogens with zero attached hydrogens (tertiary/aromatic N) is 3. The van der Waals surface area contributed by atoms with Crippen LogP contribution in [0.25, 0.3) is 0 Å². The molecule has 0 radical (unpaired) electrons. The highest BCUT2D eigenvalue weighted by Crippen LogP contribution is 2.31. The molecule has 2 heterocycles. The van der Waals surface area contributed by atoms with E-state index in [2.05, 4.69) is 74.3 Å². The maximum absolute atomic E-state index is 5.33. The first-order valence-corrected chi connectivity index (χ1v) is 15.3. The quantitative estimate of drug-likeness (QED) is 0.226. The minimum atomic E-state index is 0.305. The second-order valence-corrected chi connectivity index (χ2v) is 11.8. The van der Waals surface area contributed by atoms with Gasteiger partial charge in [-0.25, -0.2) is 4.99 Å². The SMILES string of the molecule is CCC1=CC(NCCCCCCCC(C)CC)C=C2N=C(N(C)C3CCN(C)CC3)C=CCC2CC1. The van der Waals surface area contributed by atoms with Crippen LogP contribution in [0.3, 0.4) is 0 Å². The van der Waals surface area contributed by atoms with Crippen LogP contribution >= 0.6 is 0 Å². The van der Waals surface area contributed by atoms with E-state index in [4.69, 9.17) is 4.99 Å². The predicted octanol–water partition coefficient (Wildman–Crippen LogP) is 7.35. The maximum Gasteiger partial charge on any atom is 0.128 e. The standard InChI is InChI=1S/C32H56N4/c1-6-26(3)14-11-9-8-10-12-21-33-29-24-27(7-2)17-18-28-15-13-16-32(34-31(28)25-29)36(5)30-19-22-35(4)23-20-30/h13,16,24-26,28-30,33H,6-12,14-15,17-23H2,1-5H3. The average Bonchev–Trinajstić information content (AvgIpc) is 3.07. The lowest BCUT2D eigenvalue weighted by atomic mass is 9.89. The third-order valence-electron chi connectivity index (χ3n) is 8.93. The van der Waals surface area contributed by atoms with Crippen LogP contribution in [-0.2, 0) is 0 Å². The van der Waals surface area contributed by atoms with Gasteiger partial charge in [-0.1, -0.05) is 77.0 Å². The molecule has 1 saturated heterocycles. The van der Waals surface area contributed by atoms with Gasteiger partial charge in [-0.15, -0.1) is 0 Å². The van der Waals surface area contributed by atoms with Crippen molar-refractivity contribution in [2.45, 2.75) is 116 Å². The van der Waals surface area contributed by atoms with Gasteiger partial charge in [0, 0.05) is 30.7 Å². The molecule has 1 N–H and O–H groups in total. The fourth-order valence-electron chi connectivity index (χ4n) is 5.89. The number of aliphatic imine (C=N–C) groups is 1. The number of likely N-dealkylation sites (N-methyl/N-ethyl adjacent to an activating group) is 1. The summed E-state index contributed by atoms with van der Waals surface area (Å²) in [5.74, 6) is 2.60. The molecular weight excluding hydrogens is 440 g/mol. The molecule has 0 aromatic heterocycles. The summed E-state index contributed by atoms with van der Waals surface area (Å²) in [6.07, 6.45) is 26.3. The van der Waals surface area contributed by atoms with E-state index in [-0.39, 0.29) is 0 Å². The summed E-state index contributed by atoms with van der Waals surface area (Å²) in [7, 11) is 4.50. The Labute approximate surface area is 223 Å². The lowest BCUT2D eigenvalue weighted by Crippen LogP contribution is -2.44. The molecule has 4 nitrogen and oxygen atoms in total. The molecule has 36 heavy (non-hydrogen) atoms. The number of likely N-dealkylation sites (tertiary alicyclic amines) is 1. The molecule has 3 unspecified atom stereocenters. The summed E-state index contributed by atoms with van der Waals surface area (Å²) in [5, 5.41) is 3.88. The number of amidine groups is 1. The van der Waals surface area contributed by atoms with Crippen LogP contribution in [0.2, 0.25) is 0 Å². The fraction of sp³-hybridized carbons (Fsp3) is 0.781. The Morgan fingerprint density at radius 2 is 1.81 bits per heavy atom. The second-order valence-electron chi connectivity index (χ2n) is 11.8. The first-order valence-electron chi connectivity index (χ1n) is 15.3. The first kappa shape index (κ1) is 29.2. The van der Waals surface area contributed by atoms with E-state index in [1.54, 1.807) is 5.57 Å². The van der Waals surface area contributed by atoms with Crippen LogP contribution in [0.15, 0.2) is 40.6 Å². The van der Waals surface area contributed by atoms with Crippen molar-refractivity contribution < 1.29 is 0 Å². The topological polar surface area (TPSA) is 30.9 Å². The number of unbranched alkanes of at least 4 members (excludes halogenated alkanes) is 4. The minimum absolute atomic E-state index is 0.305. The summed E-state index contributed by atoms with van der Waals surface area (Å²) >= 11 is 0. The molecule has 0 spiro atoms. The van der Waals surface area contributed by atoms with Crippen molar-refractivity contribution in [3.63, 3.8) is 0 Å². The molecule has 3 aliphatic rings. The van der Waals surface area contributed by atoms with E-state index in [0.717, 1.165) is 31.1 Å². The van der Waals surface area contributed by atoms with Crippen LogP contribution in [0.1, 0.15) is 104 Å². The molecule has 0 saturated carbocycles. The van der Waals surface area contributed by atoms with Crippen molar-refractivity contribution in [1.29, 1.82) is 0 Å². The molecule has 0 aromatic carbocycles. The van der Waals surface area contributed by atoms with Gasteiger partial charge in [0.25, 0.3) is 0 Å². The first-order chi connectivity index (χ1) is 17.5. The summed E-state index contributed by atoms with van der Waals surface area (Å²) < 4.78 is 0. The molecule has 1 aliphatic carbocycles. The van der Waals surface area contributed by atoms with E-state index >= 15 is 0 Å². The van der Waals surface area contributed by atoms with Crippen LogP contribution in [-0.4, -0.2) is 61.4 Å². The molecule has 0 bridgehead atoms. The van der Waals surface area contributed by atoms with Crippen molar-refractivity contribution in [2.75, 3.05) is 33.7 Å². The molecule has 0 amide bonds. The maximum atomic E-state index is 5.33. The highest BCUT2D eigenvalue weighted by Gasteiger charge is 2.25. The van der Waals surface area contributed by atoms with Gasteiger partial charge in [-0.3, -0.25) is 0 Å². The van der Waals surface area contributed by atoms with Gasteiger partial charge < -0.3 is 15.1 Å². The fourth-order valence-corrected chi connectivity index (χ4v) is 5.89. The monoisotopic (exact) mass is 496 g/mol. The lowest BCUT2D eigenvalue weighted by molar-refractivity contribution is 0.192. The van der Waals surface area contributed by atoms with E-state index < -0.39 is 0 Å². The van der Waals surface area contributed by atoms with E-state index in [1.165, 1.54) is 89.4 Å². The highest BCUT2D eigenvalue weighted by molar-refractivity contribution is 5.94. The number of nitrogens with one attached hydrogen (secondary N) is 1. The molecule has 2 aliphatic heterocycles. The molecule has 204 valence electrons. The molecular formula is C32H56N4. The Morgan fingerprint density at radius 1 is 1.06 bits per heavy atom. The Morgan fingerprint density at radius 3 is 2.56 bits per heavy atom. The van der Waals surface area contributed by atoms with Crippen LogP contribution in [0, 0.1) is 11.8 Å². The smallest absolute Gasteiger partial charge is 0.128 e. The van der Waals surface area contributed by atoms with Gasteiger partial charge in [0.2, 0.25) is 0 Å². The molecule has 1 fully saturated rings. The third-order valence-corrected chi connectivity index (χ3v) is 8.93. The Hall–Kier alpha value is -1.39. The van der Waals surface area contributed by atoms with Crippen molar-refractivity contribution in [2.24, 2.45) is 16.8 Å². The van der Waals surface area contributed by atoms with Gasteiger partial charge in [-0.05, 0) is 89.7 Å². The van der Waals surface area contributed by atoms with Crippen molar-refractivity contribution in [1.82, 2.24) is 15.1 Å². The van der Waals surface area contributed by atoms with Crippen molar-refractivity contribution in [3.05, 3.63) is 35.6 Å². The van der Waals surface area contributed by atoms with Gasteiger partial charge in [-0.2, -0.15) is 0 Å². The van der Waals surface area contributed by atoms with Gasteiger partial charge >= 0.3 is 0 Å². The van der Waals surface area contributed by atoms with Gasteiger partial charge in [0.05, 0.1) is 0 Å². The number of fused-ring (bicyclic) bond motifs is 1. The Bertz CT molecular complexity index is 756. The molecule has 0 aromatic rings.